The average Bonchev–Trinajstić information content (AvgIpc) is 2.49. The lowest BCUT2D eigenvalue weighted by Gasteiger charge is -2.36. The van der Waals surface area contributed by atoms with E-state index in [4.69, 9.17) is 4.74 Å². The number of ether oxygens (including phenoxy) is 1. The molecule has 22 heavy (non-hydrogen) atoms. The summed E-state index contributed by atoms with van der Waals surface area (Å²) >= 11 is 0. The highest BCUT2D eigenvalue weighted by atomic mass is 16.5. The van der Waals surface area contributed by atoms with Crippen molar-refractivity contribution in [3.63, 3.8) is 0 Å². The first-order chi connectivity index (χ1) is 10.6. The third-order valence-electron chi connectivity index (χ3n) is 4.26. The van der Waals surface area contributed by atoms with Crippen LogP contribution in [0.3, 0.4) is 0 Å². The molecular weight excluding hydrogens is 278 g/mol. The van der Waals surface area contributed by atoms with E-state index in [1.807, 2.05) is 38.1 Å². The summed E-state index contributed by atoms with van der Waals surface area (Å²) in [6.07, 6.45) is 3.98. The lowest BCUT2D eigenvalue weighted by molar-refractivity contribution is 0.0565. The third kappa shape index (κ3) is 4.97. The number of piperidine rings is 1. The van der Waals surface area contributed by atoms with Crippen molar-refractivity contribution in [1.82, 2.24) is 4.90 Å². The number of nitrogens with zero attached hydrogens (tertiary/aromatic N) is 1. The van der Waals surface area contributed by atoms with E-state index in [-0.39, 0.29) is 12.7 Å². The van der Waals surface area contributed by atoms with Crippen molar-refractivity contribution in [2.24, 2.45) is 0 Å². The second-order valence-electron chi connectivity index (χ2n) is 6.41. The molecule has 1 saturated heterocycles. The van der Waals surface area contributed by atoms with Gasteiger partial charge in [-0.25, -0.2) is 0 Å². The van der Waals surface area contributed by atoms with Crippen LogP contribution < -0.4 is 4.74 Å². The predicted molar refractivity (Wildman–Crippen MR) is 88.1 cm³/mol. The Morgan fingerprint density at radius 2 is 1.95 bits per heavy atom. The van der Waals surface area contributed by atoms with Crippen LogP contribution in [0.1, 0.15) is 51.2 Å². The molecule has 0 saturated carbocycles. The number of hydrogen-bond donors (Lipinski definition) is 2. The van der Waals surface area contributed by atoms with Crippen LogP contribution >= 0.6 is 0 Å². The molecular formula is C18H29NO3. The molecule has 2 rings (SSSR count). The van der Waals surface area contributed by atoms with Gasteiger partial charge < -0.3 is 14.9 Å². The highest BCUT2D eigenvalue weighted by Crippen LogP contribution is 2.24. The molecule has 1 aromatic rings. The van der Waals surface area contributed by atoms with Gasteiger partial charge in [0.2, 0.25) is 0 Å². The Morgan fingerprint density at radius 1 is 1.23 bits per heavy atom. The average molecular weight is 307 g/mol. The van der Waals surface area contributed by atoms with Gasteiger partial charge in [-0.15, -0.1) is 0 Å². The van der Waals surface area contributed by atoms with E-state index in [9.17, 15) is 10.2 Å². The highest BCUT2D eigenvalue weighted by molar-refractivity contribution is 5.28. The van der Waals surface area contributed by atoms with Gasteiger partial charge in [0.15, 0.2) is 0 Å². The Balaban J connectivity index is 1.94. The minimum atomic E-state index is -0.493. The Labute approximate surface area is 133 Å². The smallest absolute Gasteiger partial charge is 0.119 e. The molecule has 1 heterocycles. The maximum Gasteiger partial charge on any atom is 0.119 e. The largest absolute Gasteiger partial charge is 0.491 e. The summed E-state index contributed by atoms with van der Waals surface area (Å²) < 4.78 is 5.63. The zero-order valence-electron chi connectivity index (χ0n) is 13.7. The second-order valence-corrected chi connectivity index (χ2v) is 6.41. The maximum atomic E-state index is 10.5. The Kier molecular flexibility index (Phi) is 6.68. The lowest BCUT2D eigenvalue weighted by atomic mass is 9.98. The summed E-state index contributed by atoms with van der Waals surface area (Å²) in [6.45, 7) is 5.87. The van der Waals surface area contributed by atoms with Gasteiger partial charge in [0.05, 0.1) is 12.2 Å². The minimum Gasteiger partial charge on any atom is -0.491 e. The van der Waals surface area contributed by atoms with Crippen LogP contribution in [0.2, 0.25) is 0 Å². The number of aliphatic hydroxyl groups is 2. The van der Waals surface area contributed by atoms with Crippen molar-refractivity contribution >= 4 is 0 Å². The summed E-state index contributed by atoms with van der Waals surface area (Å²) in [6, 6.07) is 8.11. The number of hydrogen-bond acceptors (Lipinski definition) is 4. The summed E-state index contributed by atoms with van der Waals surface area (Å²) in [4.78, 5) is 2.32. The molecule has 1 fully saturated rings. The maximum absolute atomic E-state index is 10.5. The quantitative estimate of drug-likeness (QED) is 0.813. The van der Waals surface area contributed by atoms with Crippen LogP contribution in [0.4, 0.5) is 0 Å². The van der Waals surface area contributed by atoms with Crippen LogP contribution in [-0.2, 0) is 0 Å². The molecule has 4 nitrogen and oxygen atoms in total. The van der Waals surface area contributed by atoms with E-state index in [2.05, 4.69) is 4.90 Å². The Morgan fingerprint density at radius 3 is 2.59 bits per heavy atom. The topological polar surface area (TPSA) is 52.9 Å². The van der Waals surface area contributed by atoms with E-state index in [1.165, 1.54) is 12.8 Å². The zero-order chi connectivity index (χ0) is 15.9. The monoisotopic (exact) mass is 307 g/mol. The molecule has 0 bridgehead atoms. The predicted octanol–water partition coefficient (Wildman–Crippen LogP) is 2.74. The lowest BCUT2D eigenvalue weighted by Crippen LogP contribution is -2.42. The van der Waals surface area contributed by atoms with Crippen molar-refractivity contribution in [2.45, 2.75) is 57.8 Å². The Hall–Kier alpha value is -1.10. The normalized spacial score (nSPS) is 21.0. The summed E-state index contributed by atoms with van der Waals surface area (Å²) in [5.41, 5.74) is 0.921. The molecule has 0 aliphatic carbocycles. The van der Waals surface area contributed by atoms with Crippen molar-refractivity contribution in [3.8, 4) is 5.75 Å². The first kappa shape index (κ1) is 17.3. The number of aliphatic hydroxyl groups excluding tert-OH is 2. The van der Waals surface area contributed by atoms with Crippen LogP contribution in [0, 0.1) is 0 Å². The van der Waals surface area contributed by atoms with Crippen LogP contribution in [0.25, 0.3) is 0 Å². The van der Waals surface area contributed by atoms with Gasteiger partial charge in [-0.1, -0.05) is 18.6 Å². The first-order valence-corrected chi connectivity index (χ1v) is 8.39. The SMILES string of the molecule is CC(C)Oc1ccc(C(O)CN2CCCCC2CCO)cc1. The molecule has 2 atom stereocenters. The molecule has 4 heteroatoms. The standard InChI is InChI=1S/C18H29NO3/c1-14(2)22-17-8-6-15(7-9-17)18(21)13-19-11-4-3-5-16(19)10-12-20/h6-9,14,16,18,20-21H,3-5,10-13H2,1-2H3. The molecule has 0 aromatic heterocycles. The van der Waals surface area contributed by atoms with Gasteiger partial charge in [0, 0.05) is 19.2 Å². The van der Waals surface area contributed by atoms with Gasteiger partial charge >= 0.3 is 0 Å². The summed E-state index contributed by atoms with van der Waals surface area (Å²) in [5.74, 6) is 0.835. The molecule has 2 unspecified atom stereocenters. The van der Waals surface area contributed by atoms with Crippen LogP contribution in [0.5, 0.6) is 5.75 Å². The fourth-order valence-corrected chi connectivity index (χ4v) is 3.14. The highest BCUT2D eigenvalue weighted by Gasteiger charge is 2.24. The second kappa shape index (κ2) is 8.51. The van der Waals surface area contributed by atoms with Crippen molar-refractivity contribution in [1.29, 1.82) is 0 Å². The summed E-state index contributed by atoms with van der Waals surface area (Å²) in [5, 5.41) is 19.7. The van der Waals surface area contributed by atoms with Gasteiger partial charge in [0.1, 0.15) is 5.75 Å². The van der Waals surface area contributed by atoms with E-state index >= 15 is 0 Å². The number of benzene rings is 1. The van der Waals surface area contributed by atoms with Crippen molar-refractivity contribution in [3.05, 3.63) is 29.8 Å². The van der Waals surface area contributed by atoms with E-state index in [0.717, 1.165) is 30.7 Å². The van der Waals surface area contributed by atoms with Crippen LogP contribution in [0.15, 0.2) is 24.3 Å². The molecule has 0 radical (unpaired) electrons. The number of β-amino-alcohol motifs (C(OH)–C–C–N with tert-alkyl or cyclic N) is 1. The number of likely N-dealkylation sites (tertiary alicyclic amines) is 1. The van der Waals surface area contributed by atoms with Gasteiger partial charge in [-0.2, -0.15) is 0 Å². The van der Waals surface area contributed by atoms with Gasteiger partial charge in [-0.3, -0.25) is 4.90 Å². The summed E-state index contributed by atoms with van der Waals surface area (Å²) in [7, 11) is 0. The van der Waals surface area contributed by atoms with Crippen molar-refractivity contribution in [2.75, 3.05) is 19.7 Å². The van der Waals surface area contributed by atoms with Crippen molar-refractivity contribution < 1.29 is 14.9 Å². The molecule has 1 aliphatic heterocycles. The molecule has 2 N–H and O–H groups in total. The van der Waals surface area contributed by atoms with E-state index < -0.39 is 6.10 Å². The molecule has 124 valence electrons. The fourth-order valence-electron chi connectivity index (χ4n) is 3.14. The third-order valence-corrected chi connectivity index (χ3v) is 4.26. The number of rotatable bonds is 7. The zero-order valence-corrected chi connectivity index (χ0v) is 13.7. The van der Waals surface area contributed by atoms with Gasteiger partial charge in [0.25, 0.3) is 0 Å². The molecule has 1 aliphatic rings. The van der Waals surface area contributed by atoms with Crippen LogP contribution in [-0.4, -0.2) is 47.0 Å². The molecule has 0 amide bonds. The minimum absolute atomic E-state index is 0.156. The molecule has 0 spiro atoms. The first-order valence-electron chi connectivity index (χ1n) is 8.39. The van der Waals surface area contributed by atoms with E-state index in [0.29, 0.717) is 12.6 Å². The molecule has 1 aromatic carbocycles. The Bertz CT molecular complexity index is 430. The van der Waals surface area contributed by atoms with E-state index in [1.54, 1.807) is 0 Å². The fraction of sp³-hybridized carbons (Fsp3) is 0.667. The van der Waals surface area contributed by atoms with Gasteiger partial charge in [-0.05, 0) is 57.4 Å².